The maximum atomic E-state index is 11.8. The summed E-state index contributed by atoms with van der Waals surface area (Å²) in [4.78, 5) is 11.8. The zero-order chi connectivity index (χ0) is 14.3. The number of nitrogens with one attached hydrogen (secondary N) is 2. The normalized spacial score (nSPS) is 15.7. The largest absolute Gasteiger partial charge is 0.467 e. The van der Waals surface area contributed by atoms with Gasteiger partial charge in [0.25, 0.3) is 0 Å². The summed E-state index contributed by atoms with van der Waals surface area (Å²) in [6.45, 7) is 4.20. The van der Waals surface area contributed by atoms with Crippen molar-refractivity contribution in [1.82, 2.24) is 10.6 Å². The Balaban J connectivity index is 2.25. The lowest BCUT2D eigenvalue weighted by molar-refractivity contribution is -0.123. The number of carbonyl (C=O) groups excluding carboxylic acids is 1. The summed E-state index contributed by atoms with van der Waals surface area (Å²) < 4.78 is 16.1. The van der Waals surface area contributed by atoms with Crippen LogP contribution in [0.2, 0.25) is 0 Å². The minimum Gasteiger partial charge on any atom is -0.467 e. The van der Waals surface area contributed by atoms with Crippen LogP contribution in [-0.4, -0.2) is 34.2 Å². The van der Waals surface area contributed by atoms with Gasteiger partial charge in [0.05, 0.1) is 18.8 Å². The molecule has 5 nitrogen and oxygen atoms in total. The summed E-state index contributed by atoms with van der Waals surface area (Å²) >= 11 is 0. The molecular weight excluding hydrogens is 264 g/mol. The second-order valence-corrected chi connectivity index (χ2v) is 6.21. The first-order valence-corrected chi connectivity index (χ1v) is 8.08. The quantitative estimate of drug-likeness (QED) is 0.749. The highest BCUT2D eigenvalue weighted by atomic mass is 32.2. The van der Waals surface area contributed by atoms with Crippen LogP contribution in [-0.2, 0) is 22.1 Å². The SMILES string of the molecule is CC(CCS(C)=O)NC(C)C(=O)NCc1ccco1. The van der Waals surface area contributed by atoms with Gasteiger partial charge in [-0.2, -0.15) is 0 Å². The van der Waals surface area contributed by atoms with Crippen LogP contribution in [0.15, 0.2) is 22.8 Å². The Morgan fingerprint density at radius 3 is 2.79 bits per heavy atom. The molecule has 2 N–H and O–H groups in total. The van der Waals surface area contributed by atoms with Gasteiger partial charge < -0.3 is 15.1 Å². The third-order valence-corrected chi connectivity index (χ3v) is 3.59. The Hall–Kier alpha value is -1.14. The Labute approximate surface area is 116 Å². The van der Waals surface area contributed by atoms with Crippen molar-refractivity contribution >= 4 is 16.7 Å². The van der Waals surface area contributed by atoms with Crippen LogP contribution in [0.25, 0.3) is 0 Å². The second-order valence-electron chi connectivity index (χ2n) is 4.65. The number of furan rings is 1. The fraction of sp³-hybridized carbons (Fsp3) is 0.615. The van der Waals surface area contributed by atoms with Gasteiger partial charge in [0.2, 0.25) is 5.91 Å². The molecule has 0 aliphatic heterocycles. The molecule has 6 heteroatoms. The van der Waals surface area contributed by atoms with E-state index >= 15 is 0 Å². The standard InChI is InChI=1S/C13H22N2O3S/c1-10(6-8-19(3)17)15-11(2)13(16)14-9-12-5-4-7-18-12/h4-5,7,10-11,15H,6,8-9H2,1-3H3,(H,14,16). The molecule has 1 aromatic rings. The number of hydrogen-bond acceptors (Lipinski definition) is 4. The Bertz CT molecular complexity index is 406. The van der Waals surface area contributed by atoms with E-state index in [1.165, 1.54) is 0 Å². The van der Waals surface area contributed by atoms with Gasteiger partial charge in [0.15, 0.2) is 0 Å². The van der Waals surface area contributed by atoms with Gasteiger partial charge in [-0.15, -0.1) is 0 Å². The molecule has 0 spiro atoms. The zero-order valence-corrected chi connectivity index (χ0v) is 12.5. The van der Waals surface area contributed by atoms with Gasteiger partial charge in [0.1, 0.15) is 5.76 Å². The summed E-state index contributed by atoms with van der Waals surface area (Å²) in [7, 11) is -0.788. The van der Waals surface area contributed by atoms with Gasteiger partial charge in [-0.25, -0.2) is 0 Å². The number of hydrogen-bond donors (Lipinski definition) is 2. The van der Waals surface area contributed by atoms with Crippen molar-refractivity contribution in [3.63, 3.8) is 0 Å². The van der Waals surface area contributed by atoms with Gasteiger partial charge in [-0.05, 0) is 32.4 Å². The van der Waals surface area contributed by atoms with Crippen molar-refractivity contribution < 1.29 is 13.4 Å². The first-order valence-electron chi connectivity index (χ1n) is 6.35. The molecule has 19 heavy (non-hydrogen) atoms. The highest BCUT2D eigenvalue weighted by Crippen LogP contribution is 2.00. The number of rotatable bonds is 8. The topological polar surface area (TPSA) is 71.3 Å². The Morgan fingerprint density at radius 2 is 2.21 bits per heavy atom. The molecule has 1 heterocycles. The van der Waals surface area contributed by atoms with E-state index in [2.05, 4.69) is 10.6 Å². The fourth-order valence-electron chi connectivity index (χ4n) is 1.67. The zero-order valence-electron chi connectivity index (χ0n) is 11.6. The van der Waals surface area contributed by atoms with Gasteiger partial charge in [-0.3, -0.25) is 9.00 Å². The predicted molar refractivity (Wildman–Crippen MR) is 76.2 cm³/mol. The Morgan fingerprint density at radius 1 is 1.47 bits per heavy atom. The van der Waals surface area contributed by atoms with Crippen molar-refractivity contribution in [2.45, 2.75) is 38.9 Å². The van der Waals surface area contributed by atoms with Crippen molar-refractivity contribution in [2.75, 3.05) is 12.0 Å². The molecule has 1 rings (SSSR count). The third kappa shape index (κ3) is 6.54. The molecule has 0 bridgehead atoms. The van der Waals surface area contributed by atoms with Crippen LogP contribution < -0.4 is 10.6 Å². The van der Waals surface area contributed by atoms with Gasteiger partial charge in [-0.1, -0.05) is 0 Å². The molecule has 0 aliphatic rings. The van der Waals surface area contributed by atoms with E-state index in [1.54, 1.807) is 18.6 Å². The van der Waals surface area contributed by atoms with Crippen molar-refractivity contribution in [1.29, 1.82) is 0 Å². The van der Waals surface area contributed by atoms with Crippen LogP contribution in [0, 0.1) is 0 Å². The molecule has 0 saturated carbocycles. The van der Waals surface area contributed by atoms with E-state index in [4.69, 9.17) is 4.42 Å². The summed E-state index contributed by atoms with van der Waals surface area (Å²) in [5, 5.41) is 5.99. The molecular formula is C13H22N2O3S. The van der Waals surface area contributed by atoms with Crippen LogP contribution in [0.1, 0.15) is 26.0 Å². The van der Waals surface area contributed by atoms with E-state index < -0.39 is 10.8 Å². The average molecular weight is 286 g/mol. The second kappa shape index (κ2) is 8.12. The van der Waals surface area contributed by atoms with E-state index in [0.29, 0.717) is 12.3 Å². The summed E-state index contributed by atoms with van der Waals surface area (Å²) in [5.74, 6) is 1.31. The Kier molecular flexibility index (Phi) is 6.80. The highest BCUT2D eigenvalue weighted by molar-refractivity contribution is 7.84. The monoisotopic (exact) mass is 286 g/mol. The lowest BCUT2D eigenvalue weighted by Crippen LogP contribution is -2.45. The molecule has 0 fully saturated rings. The summed E-state index contributed by atoms with van der Waals surface area (Å²) in [5.41, 5.74) is 0. The summed E-state index contributed by atoms with van der Waals surface area (Å²) in [6.07, 6.45) is 4.06. The van der Waals surface area contributed by atoms with Crippen LogP contribution in [0.5, 0.6) is 0 Å². The van der Waals surface area contributed by atoms with Crippen molar-refractivity contribution in [3.8, 4) is 0 Å². The predicted octanol–water partition coefficient (Wildman–Crippen LogP) is 1.03. The van der Waals surface area contributed by atoms with E-state index in [-0.39, 0.29) is 18.0 Å². The minimum atomic E-state index is -0.788. The molecule has 0 aromatic carbocycles. The maximum Gasteiger partial charge on any atom is 0.237 e. The molecule has 108 valence electrons. The molecule has 0 radical (unpaired) electrons. The molecule has 0 saturated heterocycles. The van der Waals surface area contributed by atoms with Crippen molar-refractivity contribution in [3.05, 3.63) is 24.2 Å². The third-order valence-electron chi connectivity index (χ3n) is 2.78. The van der Waals surface area contributed by atoms with Gasteiger partial charge >= 0.3 is 0 Å². The average Bonchev–Trinajstić information content (AvgIpc) is 2.86. The number of carbonyl (C=O) groups is 1. The van der Waals surface area contributed by atoms with E-state index in [9.17, 15) is 9.00 Å². The maximum absolute atomic E-state index is 11.8. The first-order chi connectivity index (χ1) is 8.99. The van der Waals surface area contributed by atoms with Crippen molar-refractivity contribution in [2.24, 2.45) is 0 Å². The summed E-state index contributed by atoms with van der Waals surface area (Å²) in [6, 6.07) is 3.48. The van der Waals surface area contributed by atoms with Crippen LogP contribution in [0.4, 0.5) is 0 Å². The highest BCUT2D eigenvalue weighted by Gasteiger charge is 2.15. The smallest absolute Gasteiger partial charge is 0.237 e. The van der Waals surface area contributed by atoms with Gasteiger partial charge in [0, 0.05) is 28.9 Å². The minimum absolute atomic E-state index is 0.0686. The van der Waals surface area contributed by atoms with E-state index in [1.807, 2.05) is 19.9 Å². The lowest BCUT2D eigenvalue weighted by Gasteiger charge is -2.19. The molecule has 1 aromatic heterocycles. The lowest BCUT2D eigenvalue weighted by atomic mass is 10.2. The molecule has 1 amide bonds. The van der Waals surface area contributed by atoms with Crippen LogP contribution in [0.3, 0.4) is 0 Å². The van der Waals surface area contributed by atoms with Crippen LogP contribution >= 0.6 is 0 Å². The molecule has 3 unspecified atom stereocenters. The molecule has 3 atom stereocenters. The van der Waals surface area contributed by atoms with E-state index in [0.717, 1.165) is 12.2 Å². The first kappa shape index (κ1) is 15.9. The fourth-order valence-corrected chi connectivity index (χ4v) is 2.35. The molecule has 0 aliphatic carbocycles. The number of amides is 1.